The molecule has 1 aliphatic heterocycles. The molecule has 3 aromatic rings. The van der Waals surface area contributed by atoms with E-state index in [9.17, 15) is 26.2 Å². The van der Waals surface area contributed by atoms with Gasteiger partial charge in [-0.05, 0) is 86.1 Å². The Morgan fingerprint density at radius 1 is 0.917 bits per heavy atom. The van der Waals surface area contributed by atoms with Crippen molar-refractivity contribution in [3.05, 3.63) is 95.6 Å². The van der Waals surface area contributed by atoms with Gasteiger partial charge in [0.15, 0.2) is 0 Å². The van der Waals surface area contributed by atoms with Crippen LogP contribution in [0.4, 0.5) is 22.0 Å². The van der Waals surface area contributed by atoms with E-state index in [1.165, 1.54) is 36.4 Å². The fourth-order valence-electron chi connectivity index (χ4n) is 4.57. The molecule has 1 fully saturated rings. The van der Waals surface area contributed by atoms with Gasteiger partial charge in [0.05, 0.1) is 4.90 Å². The minimum absolute atomic E-state index is 0.0632. The van der Waals surface area contributed by atoms with Crippen molar-refractivity contribution < 1.29 is 30.9 Å². The number of hydrogen-bond acceptors (Lipinski definition) is 3. The maximum atomic E-state index is 13.6. The monoisotopic (exact) mass is 524 g/mol. The highest BCUT2D eigenvalue weighted by atomic mass is 32.2. The zero-order valence-electron chi connectivity index (χ0n) is 19.3. The zero-order valence-corrected chi connectivity index (χ0v) is 20.2. The molecule has 0 bridgehead atoms. The van der Waals surface area contributed by atoms with Crippen molar-refractivity contribution in [2.45, 2.75) is 42.1 Å². The first kappa shape index (κ1) is 26.2. The molecule has 192 valence electrons. The molecule has 0 aromatic heterocycles. The summed E-state index contributed by atoms with van der Waals surface area (Å²) in [4.78, 5) is 2.51. The van der Waals surface area contributed by atoms with E-state index >= 15 is 0 Å². The molecule has 1 saturated heterocycles. The second-order valence-corrected chi connectivity index (χ2v) is 10.0. The van der Waals surface area contributed by atoms with E-state index in [2.05, 4.69) is 14.4 Å². The lowest BCUT2D eigenvalue weighted by atomic mass is 9.79. The number of alkyl halides is 3. The van der Waals surface area contributed by atoms with Gasteiger partial charge in [0.25, 0.3) is 0 Å². The number of rotatable bonds is 7. The number of benzene rings is 3. The molecule has 3 aromatic carbocycles. The highest BCUT2D eigenvalue weighted by Gasteiger charge is 2.35. The van der Waals surface area contributed by atoms with Crippen molar-refractivity contribution in [1.82, 2.24) is 9.62 Å². The molecule has 0 spiro atoms. The third kappa shape index (κ3) is 6.68. The molecule has 1 N–H and O–H groups in total. The molecule has 3 unspecified atom stereocenters. The van der Waals surface area contributed by atoms with Gasteiger partial charge in [0.1, 0.15) is 28.4 Å². The van der Waals surface area contributed by atoms with E-state index in [-0.39, 0.29) is 35.4 Å². The van der Waals surface area contributed by atoms with Gasteiger partial charge in [-0.15, -0.1) is 13.2 Å². The Bertz CT molecular complexity index is 1130. The van der Waals surface area contributed by atoms with Crippen molar-refractivity contribution >= 4 is 11.0 Å². The van der Waals surface area contributed by atoms with Crippen LogP contribution in [-0.2, 0) is 11.0 Å². The summed E-state index contributed by atoms with van der Waals surface area (Å²) >= 11 is 0. The first-order chi connectivity index (χ1) is 17.1. The number of hydrogen-bond donors (Lipinski definition) is 1. The Balaban J connectivity index is 1.52. The molecular formula is C26H25F5N2O2S. The fraction of sp³-hybridized carbons (Fsp3) is 0.308. The molecular weight excluding hydrogens is 499 g/mol. The zero-order chi connectivity index (χ0) is 25.9. The minimum Gasteiger partial charge on any atom is -0.406 e. The standard InChI is InChI=1S/C26H25F5N2O2S/c1-33-15-14-21(32-36(34)23-12-10-22(11-13-23)35-26(29,30)31)16-24(33)25(17-2-6-19(27)7-3-17)18-4-8-20(28)9-5-18/h2-13,21,24-25,32H,14-16H2,1H3. The van der Waals surface area contributed by atoms with Crippen LogP contribution < -0.4 is 9.46 Å². The molecule has 0 radical (unpaired) electrons. The third-order valence-corrected chi connectivity index (χ3v) is 7.56. The van der Waals surface area contributed by atoms with Crippen molar-refractivity contribution in [2.75, 3.05) is 13.6 Å². The Morgan fingerprint density at radius 3 is 1.94 bits per heavy atom. The molecule has 0 aliphatic carbocycles. The molecule has 0 amide bonds. The van der Waals surface area contributed by atoms with E-state index in [0.29, 0.717) is 24.3 Å². The van der Waals surface area contributed by atoms with Crippen molar-refractivity contribution in [3.8, 4) is 5.75 Å². The van der Waals surface area contributed by atoms with Gasteiger partial charge in [0.2, 0.25) is 0 Å². The largest absolute Gasteiger partial charge is 0.573 e. The van der Waals surface area contributed by atoms with E-state index in [1.54, 1.807) is 24.3 Å². The Hall–Kier alpha value is -2.82. The summed E-state index contributed by atoms with van der Waals surface area (Å²) in [5.74, 6) is -1.28. The topological polar surface area (TPSA) is 41.6 Å². The lowest BCUT2D eigenvalue weighted by Crippen LogP contribution is -2.49. The van der Waals surface area contributed by atoms with Crippen LogP contribution in [0.5, 0.6) is 5.75 Å². The predicted molar refractivity (Wildman–Crippen MR) is 127 cm³/mol. The van der Waals surface area contributed by atoms with Gasteiger partial charge in [-0.3, -0.25) is 0 Å². The van der Waals surface area contributed by atoms with Crippen LogP contribution in [0.2, 0.25) is 0 Å². The number of likely N-dealkylation sites (N-methyl/N-ethyl adjacent to an activating group) is 1. The second-order valence-electron chi connectivity index (χ2n) is 8.76. The highest BCUT2D eigenvalue weighted by Crippen LogP contribution is 2.36. The summed E-state index contributed by atoms with van der Waals surface area (Å²) in [7, 11) is 0.332. The van der Waals surface area contributed by atoms with Crippen LogP contribution in [-0.4, -0.2) is 41.1 Å². The Labute approximate surface area is 208 Å². The van der Waals surface area contributed by atoms with Gasteiger partial charge in [-0.1, -0.05) is 24.3 Å². The minimum atomic E-state index is -4.80. The summed E-state index contributed by atoms with van der Waals surface area (Å²) in [5, 5.41) is 0. The summed E-state index contributed by atoms with van der Waals surface area (Å²) in [6.07, 6.45) is -3.50. The predicted octanol–water partition coefficient (Wildman–Crippen LogP) is 5.77. The molecule has 10 heteroatoms. The summed E-state index contributed by atoms with van der Waals surface area (Å²) in [5.41, 5.74) is 1.75. The average Bonchev–Trinajstić information content (AvgIpc) is 2.83. The molecule has 4 rings (SSSR count). The normalized spacial score (nSPS) is 19.9. The molecule has 36 heavy (non-hydrogen) atoms. The number of piperidine rings is 1. The smallest absolute Gasteiger partial charge is 0.406 e. The summed E-state index contributed by atoms with van der Waals surface area (Å²) in [6, 6.07) is 17.1. The summed E-state index contributed by atoms with van der Waals surface area (Å²) < 4.78 is 84.3. The van der Waals surface area contributed by atoms with E-state index in [4.69, 9.17) is 0 Å². The van der Waals surface area contributed by atoms with Crippen LogP contribution in [0.25, 0.3) is 0 Å². The molecule has 3 atom stereocenters. The van der Waals surface area contributed by atoms with Crippen molar-refractivity contribution in [1.29, 1.82) is 0 Å². The van der Waals surface area contributed by atoms with Gasteiger partial charge in [-0.2, -0.15) is 0 Å². The average molecular weight is 525 g/mol. The van der Waals surface area contributed by atoms with Crippen LogP contribution in [0.15, 0.2) is 77.7 Å². The quantitative estimate of drug-likeness (QED) is 0.399. The maximum absolute atomic E-state index is 13.6. The van der Waals surface area contributed by atoms with Gasteiger partial charge < -0.3 is 9.64 Å². The Kier molecular flexibility index (Phi) is 8.07. The van der Waals surface area contributed by atoms with Gasteiger partial charge in [0, 0.05) is 18.0 Å². The lowest BCUT2D eigenvalue weighted by Gasteiger charge is -2.42. The van der Waals surface area contributed by atoms with Crippen LogP contribution in [0, 0.1) is 11.6 Å². The molecule has 4 nitrogen and oxygen atoms in total. The number of ether oxygens (including phenoxy) is 1. The van der Waals surface area contributed by atoms with Crippen molar-refractivity contribution in [2.24, 2.45) is 0 Å². The van der Waals surface area contributed by atoms with Gasteiger partial charge in [-0.25, -0.2) is 17.7 Å². The first-order valence-corrected chi connectivity index (χ1v) is 12.5. The first-order valence-electron chi connectivity index (χ1n) is 11.3. The van der Waals surface area contributed by atoms with Crippen LogP contribution in [0.3, 0.4) is 0 Å². The molecule has 1 heterocycles. The van der Waals surface area contributed by atoms with E-state index in [0.717, 1.165) is 23.3 Å². The van der Waals surface area contributed by atoms with Crippen molar-refractivity contribution in [3.63, 3.8) is 0 Å². The van der Waals surface area contributed by atoms with Crippen LogP contribution >= 0.6 is 0 Å². The maximum Gasteiger partial charge on any atom is 0.573 e. The molecule has 0 saturated carbocycles. The second kappa shape index (κ2) is 11.1. The van der Waals surface area contributed by atoms with Gasteiger partial charge >= 0.3 is 6.36 Å². The fourth-order valence-corrected chi connectivity index (χ4v) is 5.61. The van der Waals surface area contributed by atoms with Crippen LogP contribution in [0.1, 0.15) is 29.9 Å². The highest BCUT2D eigenvalue weighted by molar-refractivity contribution is 7.83. The molecule has 1 aliphatic rings. The lowest BCUT2D eigenvalue weighted by molar-refractivity contribution is -0.274. The third-order valence-electron chi connectivity index (χ3n) is 6.31. The SMILES string of the molecule is CN1CCC(NS(=O)c2ccc(OC(F)(F)F)cc2)CC1C(c1ccc(F)cc1)c1ccc(F)cc1. The number of halogens is 5. The number of nitrogens with zero attached hydrogens (tertiary/aromatic N) is 1. The summed E-state index contributed by atoms with van der Waals surface area (Å²) in [6.45, 7) is 0.691. The number of likely N-dealkylation sites (tertiary alicyclic amines) is 1. The van der Waals surface area contributed by atoms with E-state index in [1.807, 2.05) is 7.05 Å². The number of nitrogens with one attached hydrogen (secondary N) is 1. The van der Waals surface area contributed by atoms with E-state index < -0.39 is 17.3 Å². The Morgan fingerprint density at radius 2 is 1.44 bits per heavy atom.